The highest BCUT2D eigenvalue weighted by molar-refractivity contribution is 6.17. The van der Waals surface area contributed by atoms with Gasteiger partial charge in [0.1, 0.15) is 6.61 Å². The molecule has 0 aromatic rings. The number of hydrogen-bond donors (Lipinski definition) is 2. The lowest BCUT2D eigenvalue weighted by Crippen LogP contribution is -2.29. The van der Waals surface area contributed by atoms with Gasteiger partial charge < -0.3 is 29.4 Å². The fraction of sp³-hybridized carbons (Fsp3) is 0.824. The van der Waals surface area contributed by atoms with E-state index < -0.39 is 6.09 Å². The largest absolute Gasteiger partial charge is 0.447 e. The Morgan fingerprint density at radius 1 is 0.880 bits per heavy atom. The van der Waals surface area contributed by atoms with Crippen LogP contribution in [0.1, 0.15) is 25.7 Å². The van der Waals surface area contributed by atoms with Gasteiger partial charge in [0, 0.05) is 19.0 Å². The van der Waals surface area contributed by atoms with Crippen LogP contribution in [0.2, 0.25) is 0 Å². The molecule has 0 heterocycles. The maximum Gasteiger partial charge on any atom is 0.407 e. The van der Waals surface area contributed by atoms with E-state index in [2.05, 4.69) is 5.32 Å². The predicted octanol–water partition coefficient (Wildman–Crippen LogP) is 2.11. The van der Waals surface area contributed by atoms with E-state index >= 15 is 0 Å². The van der Waals surface area contributed by atoms with Gasteiger partial charge in [-0.15, -0.1) is 11.6 Å². The van der Waals surface area contributed by atoms with Crippen molar-refractivity contribution in [2.75, 3.05) is 65.3 Å². The van der Waals surface area contributed by atoms with E-state index in [1.165, 1.54) is 0 Å². The second-order valence-corrected chi connectivity index (χ2v) is 5.50. The van der Waals surface area contributed by atoms with Crippen molar-refractivity contribution in [2.45, 2.75) is 25.7 Å². The predicted molar refractivity (Wildman–Crippen MR) is 97.2 cm³/mol. The van der Waals surface area contributed by atoms with Crippen LogP contribution in [0.15, 0.2) is 12.2 Å². The molecular formula is C17H32ClNO6. The molecule has 0 aromatic heterocycles. The second kappa shape index (κ2) is 21.2. The zero-order chi connectivity index (χ0) is 18.4. The normalized spacial score (nSPS) is 11.1. The van der Waals surface area contributed by atoms with Gasteiger partial charge in [0.15, 0.2) is 0 Å². The topological polar surface area (TPSA) is 86.3 Å². The summed E-state index contributed by atoms with van der Waals surface area (Å²) in [5.74, 6) is 0.729. The van der Waals surface area contributed by atoms with Gasteiger partial charge in [0.25, 0.3) is 0 Å². The maximum atomic E-state index is 11.3. The SMILES string of the molecule is O=C(NCCOCCOCCCCCCCl)OCCOC/C=C\CO. The summed E-state index contributed by atoms with van der Waals surface area (Å²) in [4.78, 5) is 11.3. The summed E-state index contributed by atoms with van der Waals surface area (Å²) in [7, 11) is 0. The highest BCUT2D eigenvalue weighted by Gasteiger charge is 2.00. The summed E-state index contributed by atoms with van der Waals surface area (Å²) < 4.78 is 20.9. The number of halogens is 1. The average molecular weight is 382 g/mol. The number of aliphatic hydroxyl groups excluding tert-OH is 1. The third-order valence-electron chi connectivity index (χ3n) is 3.01. The van der Waals surface area contributed by atoms with Crippen LogP contribution in [0, 0.1) is 0 Å². The molecule has 0 radical (unpaired) electrons. The van der Waals surface area contributed by atoms with E-state index in [1.54, 1.807) is 12.2 Å². The molecule has 0 spiro atoms. The Bertz CT molecular complexity index is 318. The molecule has 0 saturated carbocycles. The van der Waals surface area contributed by atoms with E-state index in [0.717, 1.165) is 38.2 Å². The number of unbranched alkanes of at least 4 members (excludes halogenated alkanes) is 3. The molecule has 148 valence electrons. The minimum atomic E-state index is -0.494. The Labute approximate surface area is 155 Å². The lowest BCUT2D eigenvalue weighted by Gasteiger charge is -2.08. The lowest BCUT2D eigenvalue weighted by atomic mass is 10.2. The van der Waals surface area contributed by atoms with Crippen molar-refractivity contribution in [1.82, 2.24) is 5.32 Å². The van der Waals surface area contributed by atoms with Crippen molar-refractivity contribution in [1.29, 1.82) is 0 Å². The summed E-state index contributed by atoms with van der Waals surface area (Å²) >= 11 is 5.60. The molecule has 25 heavy (non-hydrogen) atoms. The van der Waals surface area contributed by atoms with Gasteiger partial charge in [-0.3, -0.25) is 0 Å². The molecule has 0 aromatic carbocycles. The van der Waals surface area contributed by atoms with Gasteiger partial charge in [-0.25, -0.2) is 4.79 Å². The molecular weight excluding hydrogens is 350 g/mol. The molecule has 0 aliphatic heterocycles. The number of carbonyl (C=O) groups is 1. The van der Waals surface area contributed by atoms with Gasteiger partial charge in [0.2, 0.25) is 0 Å². The van der Waals surface area contributed by atoms with Crippen LogP contribution in [0.5, 0.6) is 0 Å². The summed E-state index contributed by atoms with van der Waals surface area (Å²) in [6, 6.07) is 0. The van der Waals surface area contributed by atoms with Gasteiger partial charge in [0.05, 0.1) is 39.6 Å². The van der Waals surface area contributed by atoms with Gasteiger partial charge in [-0.1, -0.05) is 25.0 Å². The van der Waals surface area contributed by atoms with E-state index in [1.807, 2.05) is 0 Å². The fourth-order valence-electron chi connectivity index (χ4n) is 1.74. The molecule has 0 saturated heterocycles. The van der Waals surface area contributed by atoms with E-state index in [4.69, 9.17) is 35.7 Å². The summed E-state index contributed by atoms with van der Waals surface area (Å²) in [5.41, 5.74) is 0. The van der Waals surface area contributed by atoms with Crippen LogP contribution in [-0.2, 0) is 18.9 Å². The molecule has 0 unspecified atom stereocenters. The van der Waals surface area contributed by atoms with Crippen molar-refractivity contribution in [3.8, 4) is 0 Å². The van der Waals surface area contributed by atoms with Gasteiger partial charge >= 0.3 is 6.09 Å². The van der Waals surface area contributed by atoms with Crippen molar-refractivity contribution in [3.63, 3.8) is 0 Å². The smallest absolute Gasteiger partial charge is 0.407 e. The number of hydrogen-bond acceptors (Lipinski definition) is 6. The molecule has 0 rings (SSSR count). The van der Waals surface area contributed by atoms with Crippen LogP contribution < -0.4 is 5.32 Å². The first-order valence-electron chi connectivity index (χ1n) is 8.77. The number of alkyl carbamates (subject to hydrolysis) is 1. The van der Waals surface area contributed by atoms with Crippen LogP contribution in [0.4, 0.5) is 4.79 Å². The van der Waals surface area contributed by atoms with Gasteiger partial charge in [-0.2, -0.15) is 0 Å². The van der Waals surface area contributed by atoms with Crippen molar-refractivity contribution < 1.29 is 28.8 Å². The number of rotatable bonds is 18. The molecule has 0 atom stereocenters. The van der Waals surface area contributed by atoms with Crippen molar-refractivity contribution in [2.24, 2.45) is 0 Å². The van der Waals surface area contributed by atoms with Crippen LogP contribution in [0.25, 0.3) is 0 Å². The van der Waals surface area contributed by atoms with Crippen LogP contribution in [-0.4, -0.2) is 76.5 Å². The van der Waals surface area contributed by atoms with E-state index in [9.17, 15) is 4.79 Å². The fourth-order valence-corrected chi connectivity index (χ4v) is 1.93. The number of aliphatic hydroxyl groups is 1. The minimum absolute atomic E-state index is 0.00845. The molecule has 8 heteroatoms. The third kappa shape index (κ3) is 21.1. The monoisotopic (exact) mass is 381 g/mol. The Balaban J connectivity index is 3.16. The van der Waals surface area contributed by atoms with Crippen molar-refractivity contribution in [3.05, 3.63) is 12.2 Å². The van der Waals surface area contributed by atoms with E-state index in [-0.39, 0.29) is 13.2 Å². The molecule has 7 nitrogen and oxygen atoms in total. The maximum absolute atomic E-state index is 11.3. The number of alkyl halides is 1. The van der Waals surface area contributed by atoms with E-state index in [0.29, 0.717) is 39.6 Å². The first-order valence-corrected chi connectivity index (χ1v) is 9.30. The van der Waals surface area contributed by atoms with Gasteiger partial charge in [-0.05, 0) is 12.8 Å². The standard InChI is InChI=1S/C17H32ClNO6/c18-7-3-1-2-5-10-22-13-14-24-12-8-19-17(21)25-16-15-23-11-6-4-9-20/h4,6,20H,1-3,5,7-16H2,(H,19,21)/b6-4-. The summed E-state index contributed by atoms with van der Waals surface area (Å²) in [5, 5.41) is 11.1. The molecule has 0 aliphatic carbocycles. The molecule has 0 bridgehead atoms. The molecule has 0 fully saturated rings. The minimum Gasteiger partial charge on any atom is -0.447 e. The average Bonchev–Trinajstić information content (AvgIpc) is 2.62. The summed E-state index contributed by atoms with van der Waals surface area (Å²) in [6.45, 7) is 3.47. The van der Waals surface area contributed by atoms with Crippen LogP contribution >= 0.6 is 11.6 Å². The summed E-state index contributed by atoms with van der Waals surface area (Å²) in [6.07, 6.45) is 7.19. The molecule has 1 amide bonds. The Kier molecular flexibility index (Phi) is 20.5. The zero-order valence-corrected chi connectivity index (χ0v) is 15.7. The third-order valence-corrected chi connectivity index (χ3v) is 3.27. The molecule has 2 N–H and O–H groups in total. The molecule has 0 aliphatic rings. The number of nitrogens with one attached hydrogen (secondary N) is 1. The van der Waals surface area contributed by atoms with Crippen molar-refractivity contribution >= 4 is 17.7 Å². The Hall–Kier alpha value is -0.860. The highest BCUT2D eigenvalue weighted by Crippen LogP contribution is 2.00. The zero-order valence-electron chi connectivity index (χ0n) is 14.9. The Morgan fingerprint density at radius 2 is 1.60 bits per heavy atom. The number of carbonyl (C=O) groups excluding carboxylic acids is 1. The van der Waals surface area contributed by atoms with Crippen LogP contribution in [0.3, 0.4) is 0 Å². The number of amides is 1. The first kappa shape index (κ1) is 24.1. The quantitative estimate of drug-likeness (QED) is 0.215. The second-order valence-electron chi connectivity index (χ2n) is 5.12. The Morgan fingerprint density at radius 3 is 2.36 bits per heavy atom. The number of ether oxygens (including phenoxy) is 4. The highest BCUT2D eigenvalue weighted by atomic mass is 35.5. The first-order chi connectivity index (χ1) is 12.3. The lowest BCUT2D eigenvalue weighted by molar-refractivity contribution is 0.0460.